The van der Waals surface area contributed by atoms with Gasteiger partial charge in [0.2, 0.25) is 0 Å². The SMILES string of the molecule is O=C(NN=Cc1ccccc1[N+](=O)[O-])c1ccc(OC(F)(F)F)cc1. The number of rotatable bonds is 5. The molecule has 2 rings (SSSR count). The third-order valence-corrected chi connectivity index (χ3v) is 2.85. The third kappa shape index (κ3) is 5.30. The lowest BCUT2D eigenvalue weighted by Crippen LogP contribution is -2.19. The average molecular weight is 353 g/mol. The van der Waals surface area contributed by atoms with Crippen LogP contribution in [0.25, 0.3) is 0 Å². The first-order valence-corrected chi connectivity index (χ1v) is 6.69. The number of nitro benzene ring substituents is 1. The van der Waals surface area contributed by atoms with E-state index in [0.717, 1.165) is 30.5 Å². The predicted molar refractivity (Wildman–Crippen MR) is 81.3 cm³/mol. The fraction of sp³-hybridized carbons (Fsp3) is 0.0667. The van der Waals surface area contributed by atoms with Crippen molar-refractivity contribution in [1.82, 2.24) is 5.43 Å². The smallest absolute Gasteiger partial charge is 0.406 e. The second kappa shape index (κ2) is 7.43. The summed E-state index contributed by atoms with van der Waals surface area (Å²) in [6, 6.07) is 9.98. The molecule has 0 heterocycles. The van der Waals surface area contributed by atoms with Crippen molar-refractivity contribution < 1.29 is 27.6 Å². The molecule has 0 saturated carbocycles. The third-order valence-electron chi connectivity index (χ3n) is 2.85. The molecule has 25 heavy (non-hydrogen) atoms. The molecule has 0 spiro atoms. The highest BCUT2D eigenvalue weighted by molar-refractivity contribution is 5.95. The van der Waals surface area contributed by atoms with E-state index in [1.54, 1.807) is 6.07 Å². The van der Waals surface area contributed by atoms with Gasteiger partial charge in [0, 0.05) is 11.6 Å². The number of carbonyl (C=O) groups excluding carboxylic acids is 1. The van der Waals surface area contributed by atoms with E-state index in [9.17, 15) is 28.1 Å². The molecule has 0 fully saturated rings. The summed E-state index contributed by atoms with van der Waals surface area (Å²) < 4.78 is 39.8. The van der Waals surface area contributed by atoms with Crippen LogP contribution in [0.1, 0.15) is 15.9 Å². The molecule has 0 bridgehead atoms. The average Bonchev–Trinajstić information content (AvgIpc) is 2.54. The number of hydrogen-bond acceptors (Lipinski definition) is 5. The summed E-state index contributed by atoms with van der Waals surface area (Å²) in [5, 5.41) is 14.4. The molecule has 1 amide bonds. The van der Waals surface area contributed by atoms with Crippen LogP contribution in [0.3, 0.4) is 0 Å². The zero-order chi connectivity index (χ0) is 18.4. The Bertz CT molecular complexity index is 804. The largest absolute Gasteiger partial charge is 0.573 e. The maximum atomic E-state index is 12.0. The van der Waals surface area contributed by atoms with Gasteiger partial charge in [-0.1, -0.05) is 12.1 Å². The summed E-state index contributed by atoms with van der Waals surface area (Å²) in [4.78, 5) is 22.1. The van der Waals surface area contributed by atoms with E-state index < -0.39 is 22.9 Å². The quantitative estimate of drug-likeness (QED) is 0.507. The maximum Gasteiger partial charge on any atom is 0.573 e. The monoisotopic (exact) mass is 353 g/mol. The van der Waals surface area contributed by atoms with Crippen LogP contribution in [0.2, 0.25) is 0 Å². The Morgan fingerprint density at radius 2 is 1.80 bits per heavy atom. The van der Waals surface area contributed by atoms with Gasteiger partial charge < -0.3 is 4.74 Å². The molecular formula is C15H10F3N3O4. The minimum atomic E-state index is -4.82. The van der Waals surface area contributed by atoms with E-state index >= 15 is 0 Å². The highest BCUT2D eigenvalue weighted by Gasteiger charge is 2.31. The molecule has 0 aliphatic heterocycles. The highest BCUT2D eigenvalue weighted by atomic mass is 19.4. The van der Waals surface area contributed by atoms with Crippen LogP contribution in [-0.2, 0) is 0 Å². The first kappa shape index (κ1) is 17.9. The molecule has 0 aromatic heterocycles. The van der Waals surface area contributed by atoms with Gasteiger partial charge in [-0.3, -0.25) is 14.9 Å². The molecule has 0 atom stereocenters. The number of amides is 1. The summed E-state index contributed by atoms with van der Waals surface area (Å²) in [5.74, 6) is -1.17. The van der Waals surface area contributed by atoms with Crippen molar-refractivity contribution >= 4 is 17.8 Å². The molecule has 130 valence electrons. The first-order chi connectivity index (χ1) is 11.8. The number of hydrazone groups is 1. The predicted octanol–water partition coefficient (Wildman–Crippen LogP) is 3.26. The minimum Gasteiger partial charge on any atom is -0.406 e. The second-order valence-electron chi connectivity index (χ2n) is 4.59. The summed E-state index contributed by atoms with van der Waals surface area (Å²) >= 11 is 0. The van der Waals surface area contributed by atoms with E-state index in [-0.39, 0.29) is 16.8 Å². The molecule has 2 aromatic rings. The number of benzene rings is 2. The Labute approximate surface area is 138 Å². The normalized spacial score (nSPS) is 11.3. The van der Waals surface area contributed by atoms with Gasteiger partial charge in [0.15, 0.2) is 0 Å². The Morgan fingerprint density at radius 3 is 2.40 bits per heavy atom. The van der Waals surface area contributed by atoms with Crippen molar-refractivity contribution in [2.45, 2.75) is 6.36 Å². The summed E-state index contributed by atoms with van der Waals surface area (Å²) in [6.45, 7) is 0. The molecule has 10 heteroatoms. The van der Waals surface area contributed by atoms with Gasteiger partial charge in [-0.15, -0.1) is 13.2 Å². The molecule has 0 aliphatic rings. The number of carbonyl (C=O) groups is 1. The molecule has 7 nitrogen and oxygen atoms in total. The maximum absolute atomic E-state index is 12.0. The zero-order valence-corrected chi connectivity index (χ0v) is 12.4. The Hall–Kier alpha value is -3.43. The van der Waals surface area contributed by atoms with Crippen molar-refractivity contribution in [2.75, 3.05) is 0 Å². The highest BCUT2D eigenvalue weighted by Crippen LogP contribution is 2.22. The summed E-state index contributed by atoms with van der Waals surface area (Å²) in [7, 11) is 0. The molecule has 0 radical (unpaired) electrons. The lowest BCUT2D eigenvalue weighted by atomic mass is 10.2. The lowest BCUT2D eigenvalue weighted by molar-refractivity contribution is -0.385. The number of para-hydroxylation sites is 1. The van der Waals surface area contributed by atoms with Crippen LogP contribution >= 0.6 is 0 Å². The zero-order valence-electron chi connectivity index (χ0n) is 12.4. The van der Waals surface area contributed by atoms with Crippen molar-refractivity contribution in [3.8, 4) is 5.75 Å². The number of nitrogens with zero attached hydrogens (tertiary/aromatic N) is 2. The minimum absolute atomic E-state index is 0.0363. The van der Waals surface area contributed by atoms with E-state index in [1.807, 2.05) is 0 Å². The molecule has 0 saturated heterocycles. The van der Waals surface area contributed by atoms with Crippen LogP contribution in [0.5, 0.6) is 5.75 Å². The van der Waals surface area contributed by atoms with E-state index in [0.29, 0.717) is 0 Å². The molecule has 0 unspecified atom stereocenters. The lowest BCUT2D eigenvalue weighted by Gasteiger charge is -2.08. The van der Waals surface area contributed by atoms with E-state index in [2.05, 4.69) is 15.3 Å². The van der Waals surface area contributed by atoms with Crippen LogP contribution in [0.4, 0.5) is 18.9 Å². The van der Waals surface area contributed by atoms with Gasteiger partial charge >= 0.3 is 6.36 Å². The fourth-order valence-electron chi connectivity index (χ4n) is 1.80. The fourth-order valence-corrected chi connectivity index (χ4v) is 1.80. The molecular weight excluding hydrogens is 343 g/mol. The Balaban J connectivity index is 2.02. The Morgan fingerprint density at radius 1 is 1.16 bits per heavy atom. The van der Waals surface area contributed by atoms with Crippen molar-refractivity contribution in [2.24, 2.45) is 5.10 Å². The van der Waals surface area contributed by atoms with Gasteiger partial charge in [-0.05, 0) is 30.3 Å². The standard InChI is InChI=1S/C15H10F3N3O4/c16-15(17,18)25-12-7-5-10(6-8-12)14(22)20-19-9-11-3-1-2-4-13(11)21(23)24/h1-9H,(H,20,22). The summed E-state index contributed by atoms with van der Waals surface area (Å²) in [5.41, 5.74) is 2.16. The number of nitrogens with one attached hydrogen (secondary N) is 1. The summed E-state index contributed by atoms with van der Waals surface area (Å²) in [6.07, 6.45) is -3.73. The number of nitro groups is 1. The van der Waals surface area contributed by atoms with Gasteiger partial charge in [-0.25, -0.2) is 5.43 Å². The Kier molecular flexibility index (Phi) is 5.32. The number of halogens is 3. The first-order valence-electron chi connectivity index (χ1n) is 6.69. The van der Waals surface area contributed by atoms with Crippen molar-refractivity contribution in [3.63, 3.8) is 0 Å². The van der Waals surface area contributed by atoms with E-state index in [1.165, 1.54) is 18.2 Å². The molecule has 0 aliphatic carbocycles. The van der Waals surface area contributed by atoms with Gasteiger partial charge in [0.05, 0.1) is 16.7 Å². The van der Waals surface area contributed by atoms with Gasteiger partial charge in [0.25, 0.3) is 11.6 Å². The molecule has 1 N–H and O–H groups in total. The van der Waals surface area contributed by atoms with Crippen LogP contribution in [-0.4, -0.2) is 23.4 Å². The van der Waals surface area contributed by atoms with E-state index in [4.69, 9.17) is 0 Å². The second-order valence-corrected chi connectivity index (χ2v) is 4.59. The van der Waals surface area contributed by atoms with Crippen molar-refractivity contribution in [1.29, 1.82) is 0 Å². The van der Waals surface area contributed by atoms with Crippen LogP contribution in [0.15, 0.2) is 53.6 Å². The van der Waals surface area contributed by atoms with Crippen LogP contribution in [0, 0.1) is 10.1 Å². The van der Waals surface area contributed by atoms with Gasteiger partial charge in [-0.2, -0.15) is 5.10 Å². The number of ether oxygens (including phenoxy) is 1. The number of alkyl halides is 3. The van der Waals surface area contributed by atoms with Crippen LogP contribution < -0.4 is 10.2 Å². The van der Waals surface area contributed by atoms with Crippen molar-refractivity contribution in [3.05, 3.63) is 69.8 Å². The topological polar surface area (TPSA) is 93.8 Å². The van der Waals surface area contributed by atoms with Gasteiger partial charge in [0.1, 0.15) is 5.75 Å². The molecule has 2 aromatic carbocycles. The number of hydrogen-bond donors (Lipinski definition) is 1.